The van der Waals surface area contributed by atoms with E-state index in [1.54, 1.807) is 43.3 Å². The fourth-order valence-corrected chi connectivity index (χ4v) is 3.98. The quantitative estimate of drug-likeness (QED) is 0.133. The average molecular weight is 561 g/mol. The van der Waals surface area contributed by atoms with Crippen LogP contribution in [0.4, 0.5) is 4.79 Å². The number of aliphatic hydroxyl groups is 1. The summed E-state index contributed by atoms with van der Waals surface area (Å²) in [4.78, 5) is 24.5. The van der Waals surface area contributed by atoms with Gasteiger partial charge >= 0.3 is 12.0 Å². The molecular weight excluding hydrogens is 528 g/mol. The Hall–Kier alpha value is -3.96. The minimum Gasteiger partial charge on any atom is -0.490 e. The average Bonchev–Trinajstić information content (AvgIpc) is 2.88. The number of amides is 2. The van der Waals surface area contributed by atoms with Crippen molar-refractivity contribution in [3.63, 3.8) is 0 Å². The number of nitrogens with one attached hydrogen (secondary N) is 3. The van der Waals surface area contributed by atoms with E-state index in [0.717, 1.165) is 0 Å². The van der Waals surface area contributed by atoms with Crippen LogP contribution in [0.15, 0.2) is 52.8 Å². The summed E-state index contributed by atoms with van der Waals surface area (Å²) in [5.74, 6) is 0.763. The van der Waals surface area contributed by atoms with Crippen molar-refractivity contribution in [3.05, 3.63) is 63.8 Å². The van der Waals surface area contributed by atoms with E-state index in [1.165, 1.54) is 13.3 Å². The number of carbonyl (C=O) groups excluding carboxylic acids is 2. The van der Waals surface area contributed by atoms with Gasteiger partial charge in [-0.25, -0.2) is 9.59 Å². The first-order valence-electron chi connectivity index (χ1n) is 12.3. The Morgan fingerprint density at radius 3 is 2.62 bits per heavy atom. The summed E-state index contributed by atoms with van der Waals surface area (Å²) >= 11 is 6.09. The predicted octanol–water partition coefficient (Wildman–Crippen LogP) is 3.65. The van der Waals surface area contributed by atoms with Crippen LogP contribution in [0.25, 0.3) is 0 Å². The number of urea groups is 1. The topological polar surface area (TPSA) is 140 Å². The Morgan fingerprint density at radius 1 is 1.18 bits per heavy atom. The number of hydrazone groups is 1. The molecule has 0 unspecified atom stereocenters. The van der Waals surface area contributed by atoms with Gasteiger partial charge in [-0.1, -0.05) is 17.7 Å². The van der Waals surface area contributed by atoms with E-state index in [2.05, 4.69) is 21.2 Å². The molecule has 2 aromatic carbocycles. The molecule has 0 radical (unpaired) electrons. The van der Waals surface area contributed by atoms with Crippen LogP contribution in [0.1, 0.15) is 44.9 Å². The molecule has 2 aromatic rings. The van der Waals surface area contributed by atoms with E-state index in [1.807, 2.05) is 20.8 Å². The maximum Gasteiger partial charge on any atom is 0.337 e. The Labute approximate surface area is 232 Å². The minimum absolute atomic E-state index is 0.0330. The lowest BCUT2D eigenvalue weighted by Gasteiger charge is -2.28. The summed E-state index contributed by atoms with van der Waals surface area (Å²) in [6, 6.07) is 8.97. The molecule has 210 valence electrons. The minimum atomic E-state index is -1.15. The molecule has 0 saturated carbocycles. The second-order valence-electron chi connectivity index (χ2n) is 8.76. The molecule has 0 aromatic heterocycles. The highest BCUT2D eigenvalue weighted by atomic mass is 35.5. The summed E-state index contributed by atoms with van der Waals surface area (Å²) in [5.41, 5.74) is 4.50. The third-order valence-electron chi connectivity index (χ3n) is 5.43. The summed E-state index contributed by atoms with van der Waals surface area (Å²) in [7, 11) is 1.27. The van der Waals surface area contributed by atoms with Crippen molar-refractivity contribution in [2.75, 3.05) is 20.3 Å². The van der Waals surface area contributed by atoms with Crippen molar-refractivity contribution < 1.29 is 33.6 Å². The molecule has 11 nitrogen and oxygen atoms in total. The number of methoxy groups -OCH3 is 1. The Balaban J connectivity index is 1.71. The maximum absolute atomic E-state index is 12.4. The van der Waals surface area contributed by atoms with Gasteiger partial charge in [0.2, 0.25) is 0 Å². The number of hydrogen-bond donors (Lipinski definition) is 4. The molecule has 0 aliphatic carbocycles. The molecule has 0 saturated heterocycles. The molecule has 3 rings (SSSR count). The van der Waals surface area contributed by atoms with E-state index in [9.17, 15) is 14.7 Å². The van der Waals surface area contributed by atoms with Gasteiger partial charge < -0.3 is 34.7 Å². The number of hydrogen-bond acceptors (Lipinski definition) is 9. The van der Waals surface area contributed by atoms with Crippen LogP contribution in [0, 0.1) is 0 Å². The monoisotopic (exact) mass is 560 g/mol. The lowest BCUT2D eigenvalue weighted by atomic mass is 9.95. The van der Waals surface area contributed by atoms with Gasteiger partial charge in [-0.2, -0.15) is 5.10 Å². The summed E-state index contributed by atoms with van der Waals surface area (Å²) in [6.07, 6.45) is 0.313. The van der Waals surface area contributed by atoms with Gasteiger partial charge in [0.1, 0.15) is 12.4 Å². The van der Waals surface area contributed by atoms with E-state index in [0.29, 0.717) is 45.7 Å². The molecule has 1 aliphatic heterocycles. The molecule has 1 heterocycles. The zero-order chi connectivity index (χ0) is 28.5. The molecule has 2 amide bonds. The Morgan fingerprint density at radius 2 is 1.92 bits per heavy atom. The number of benzene rings is 2. The van der Waals surface area contributed by atoms with Crippen LogP contribution < -0.4 is 30.3 Å². The summed E-state index contributed by atoms with van der Waals surface area (Å²) < 4.78 is 22.2. The van der Waals surface area contributed by atoms with Gasteiger partial charge in [0, 0.05) is 16.3 Å². The summed E-state index contributed by atoms with van der Waals surface area (Å²) in [5, 5.41) is 20.3. The molecule has 2 atom stereocenters. The largest absolute Gasteiger partial charge is 0.490 e. The van der Waals surface area contributed by atoms with Gasteiger partial charge in [0.05, 0.1) is 37.7 Å². The van der Waals surface area contributed by atoms with Crippen molar-refractivity contribution >= 4 is 29.8 Å². The molecule has 0 spiro atoms. The van der Waals surface area contributed by atoms with Crippen LogP contribution in [0.5, 0.6) is 17.2 Å². The van der Waals surface area contributed by atoms with Gasteiger partial charge in [0.15, 0.2) is 17.7 Å². The van der Waals surface area contributed by atoms with Gasteiger partial charge in [-0.3, -0.25) is 5.43 Å². The number of aliphatic hydroxyl groups excluding tert-OH is 1. The van der Waals surface area contributed by atoms with Gasteiger partial charge in [-0.05, 0) is 63.6 Å². The second-order valence-corrected chi connectivity index (χ2v) is 9.20. The standard InChI is InChI=1S/C27H33ClN4O7/c1-6-37-22-12-17(25-24(26(34)36-5)16(4)30-27(35)31-25)7-9-21(22)38-14-23(33)32-29-13-18-11-19(28)8-10-20(18)39-15(2)3/h7-13,15,23,25,32-33H,6,14H2,1-5H3,(H2,30,31,35)/b29-13+/t23-,25-/m0/s1. The van der Waals surface area contributed by atoms with Gasteiger partial charge in [-0.15, -0.1) is 0 Å². The number of allylic oxidation sites excluding steroid dienone is 1. The molecule has 12 heteroatoms. The van der Waals surface area contributed by atoms with Crippen LogP contribution in [-0.4, -0.2) is 56.0 Å². The number of rotatable bonds is 12. The molecule has 39 heavy (non-hydrogen) atoms. The lowest BCUT2D eigenvalue weighted by molar-refractivity contribution is -0.136. The molecular formula is C27H33ClN4O7. The first-order chi connectivity index (χ1) is 18.6. The zero-order valence-corrected chi connectivity index (χ0v) is 23.2. The number of halogens is 1. The third-order valence-corrected chi connectivity index (χ3v) is 5.67. The highest BCUT2D eigenvalue weighted by molar-refractivity contribution is 6.30. The van der Waals surface area contributed by atoms with Crippen LogP contribution in [-0.2, 0) is 9.53 Å². The van der Waals surface area contributed by atoms with E-state index < -0.39 is 24.3 Å². The predicted molar refractivity (Wildman–Crippen MR) is 146 cm³/mol. The number of carbonyl (C=O) groups is 2. The van der Waals surface area contributed by atoms with Crippen molar-refractivity contribution in [1.82, 2.24) is 16.1 Å². The molecule has 0 fully saturated rings. The Bertz CT molecular complexity index is 1250. The first kappa shape index (κ1) is 29.6. The van der Waals surface area contributed by atoms with Crippen molar-refractivity contribution in [2.45, 2.75) is 46.1 Å². The van der Waals surface area contributed by atoms with E-state index in [-0.39, 0.29) is 18.3 Å². The highest BCUT2D eigenvalue weighted by Gasteiger charge is 2.32. The normalized spacial score (nSPS) is 16.0. The van der Waals surface area contributed by atoms with Crippen molar-refractivity contribution in [2.24, 2.45) is 5.10 Å². The molecule has 4 N–H and O–H groups in total. The van der Waals surface area contributed by atoms with Gasteiger partial charge in [0.25, 0.3) is 0 Å². The van der Waals surface area contributed by atoms with Crippen molar-refractivity contribution in [3.8, 4) is 17.2 Å². The highest BCUT2D eigenvalue weighted by Crippen LogP contribution is 2.35. The van der Waals surface area contributed by atoms with Crippen molar-refractivity contribution in [1.29, 1.82) is 0 Å². The van der Waals surface area contributed by atoms with E-state index >= 15 is 0 Å². The lowest BCUT2D eigenvalue weighted by Crippen LogP contribution is -2.45. The molecule has 0 bridgehead atoms. The van der Waals surface area contributed by atoms with Crippen LogP contribution in [0.2, 0.25) is 5.02 Å². The van der Waals surface area contributed by atoms with Crippen LogP contribution >= 0.6 is 11.6 Å². The van der Waals surface area contributed by atoms with Crippen LogP contribution in [0.3, 0.4) is 0 Å². The zero-order valence-electron chi connectivity index (χ0n) is 22.4. The fraction of sp³-hybridized carbons (Fsp3) is 0.370. The molecule has 1 aliphatic rings. The SMILES string of the molecule is CCOc1cc([C@@H]2NC(=O)NC(C)=C2C(=O)OC)ccc1OC[C@H](O)N/N=C/c1cc(Cl)ccc1OC(C)C. The number of esters is 1. The first-order valence-corrected chi connectivity index (χ1v) is 12.7. The van der Waals surface area contributed by atoms with E-state index in [4.69, 9.17) is 30.5 Å². The number of nitrogens with zero attached hydrogens (tertiary/aromatic N) is 1. The second kappa shape index (κ2) is 13.7. The third kappa shape index (κ3) is 8.01. The fourth-order valence-electron chi connectivity index (χ4n) is 3.80. The Kier molecular flexibility index (Phi) is 10.4. The maximum atomic E-state index is 12.4. The smallest absolute Gasteiger partial charge is 0.337 e. The number of ether oxygens (including phenoxy) is 4. The summed E-state index contributed by atoms with van der Waals surface area (Å²) in [6.45, 7) is 7.44.